The molecule has 1 aromatic heterocycles. The number of ether oxygens (including phenoxy) is 1. The lowest BCUT2D eigenvalue weighted by molar-refractivity contribution is -0.658. The normalized spacial score (nSPS) is 15.4. The summed E-state index contributed by atoms with van der Waals surface area (Å²) in [6.07, 6.45) is 3.49. The minimum Gasteiger partial charge on any atom is -0.743 e. The van der Waals surface area contributed by atoms with Crippen LogP contribution in [-0.2, 0) is 26.1 Å². The maximum Gasteiger partial charge on any atom is 0.375 e. The van der Waals surface area contributed by atoms with E-state index in [1.807, 2.05) is 25.1 Å². The van der Waals surface area contributed by atoms with Crippen molar-refractivity contribution in [2.24, 2.45) is 0 Å². The molecule has 0 fully saturated rings. The summed E-state index contributed by atoms with van der Waals surface area (Å²) in [5, 5.41) is 1.89. The Morgan fingerprint density at radius 1 is 1.13 bits per heavy atom. The van der Waals surface area contributed by atoms with Crippen LogP contribution in [0.4, 0.5) is 5.69 Å². The first-order chi connectivity index (χ1) is 17.9. The number of fused-ring (bicyclic) bond motifs is 4. The van der Waals surface area contributed by atoms with Crippen LogP contribution in [0.15, 0.2) is 76.5 Å². The van der Waals surface area contributed by atoms with Crippen molar-refractivity contribution < 1.29 is 39.7 Å². The molecule has 38 heavy (non-hydrogen) atoms. The predicted octanol–water partition coefficient (Wildman–Crippen LogP) is 4.41. The largest absolute Gasteiger partial charge is 0.743 e. The fourth-order valence-electron chi connectivity index (χ4n) is 4.31. The van der Waals surface area contributed by atoms with E-state index in [-0.39, 0.29) is 11.8 Å². The Labute approximate surface area is 223 Å². The quantitative estimate of drug-likeness (QED) is 0.250. The van der Waals surface area contributed by atoms with Gasteiger partial charge in [-0.1, -0.05) is 42.8 Å². The second-order valence-electron chi connectivity index (χ2n) is 8.60. The minimum atomic E-state index is -4.70. The van der Waals surface area contributed by atoms with Crippen molar-refractivity contribution in [1.29, 1.82) is 0 Å². The van der Waals surface area contributed by atoms with Crippen molar-refractivity contribution in [1.82, 2.24) is 0 Å². The fourth-order valence-corrected chi connectivity index (χ4v) is 5.64. The monoisotopic (exact) mass is 576 g/mol. The van der Waals surface area contributed by atoms with Gasteiger partial charge in [0.1, 0.15) is 0 Å². The van der Waals surface area contributed by atoms with Crippen LogP contribution in [-0.4, -0.2) is 31.8 Å². The number of oxazole rings is 1. The lowest BCUT2D eigenvalue weighted by Crippen LogP contribution is -2.39. The highest BCUT2D eigenvalue weighted by Gasteiger charge is 2.31. The van der Waals surface area contributed by atoms with Gasteiger partial charge in [-0.25, -0.2) is 8.42 Å². The van der Waals surface area contributed by atoms with Gasteiger partial charge in [-0.2, -0.15) is 8.42 Å². The Hall–Kier alpha value is -3.42. The smallest absolute Gasteiger partial charge is 0.375 e. The van der Waals surface area contributed by atoms with Crippen molar-refractivity contribution in [2.75, 3.05) is 10.8 Å². The first-order valence-corrected chi connectivity index (χ1v) is 14.9. The molecule has 0 unspecified atom stereocenters. The van der Waals surface area contributed by atoms with Crippen molar-refractivity contribution in [3.63, 3.8) is 0 Å². The number of hydrogen-bond acceptors (Lipinski definition) is 8. The van der Waals surface area contributed by atoms with E-state index < -0.39 is 32.0 Å². The van der Waals surface area contributed by atoms with Gasteiger partial charge in [0.15, 0.2) is 21.7 Å². The fraction of sp³-hybridized carbons (Fsp3) is 0.160. The van der Waals surface area contributed by atoms with Crippen molar-refractivity contribution in [3.05, 3.63) is 83.0 Å². The molecule has 10 nitrogen and oxygen atoms in total. The molecular weight excluding hydrogens is 556 g/mol. The summed E-state index contributed by atoms with van der Waals surface area (Å²) < 4.78 is 81.6. The van der Waals surface area contributed by atoms with Crippen LogP contribution in [0.3, 0.4) is 0 Å². The predicted molar refractivity (Wildman–Crippen MR) is 141 cm³/mol. The van der Waals surface area contributed by atoms with Crippen LogP contribution in [0.2, 0.25) is 5.02 Å². The zero-order chi connectivity index (χ0) is 27.2. The van der Waals surface area contributed by atoms with Crippen LogP contribution in [0.25, 0.3) is 27.9 Å². The van der Waals surface area contributed by atoms with Gasteiger partial charge in [0.25, 0.3) is 15.6 Å². The average Bonchev–Trinajstić information content (AvgIpc) is 3.34. The highest BCUT2D eigenvalue weighted by molar-refractivity contribution is 7.85. The van der Waals surface area contributed by atoms with Gasteiger partial charge in [-0.3, -0.25) is 9.45 Å². The van der Waals surface area contributed by atoms with E-state index in [2.05, 4.69) is 0 Å². The summed E-state index contributed by atoms with van der Waals surface area (Å²) in [5.74, 6) is -1.11. The molecule has 0 atom stereocenters. The van der Waals surface area contributed by atoms with Crippen LogP contribution in [0.5, 0.6) is 5.75 Å². The van der Waals surface area contributed by atoms with E-state index in [0.29, 0.717) is 44.9 Å². The summed E-state index contributed by atoms with van der Waals surface area (Å²) in [7, 11) is -9.14. The van der Waals surface area contributed by atoms with Gasteiger partial charge in [0.05, 0.1) is 17.1 Å². The third-order valence-electron chi connectivity index (χ3n) is 5.91. The summed E-state index contributed by atoms with van der Waals surface area (Å²) in [6.45, 7) is 1.82. The number of anilines is 1. The van der Waals surface area contributed by atoms with E-state index in [0.717, 1.165) is 5.39 Å². The molecule has 1 aliphatic rings. The topological polar surface area (TPSA) is 141 Å². The summed E-state index contributed by atoms with van der Waals surface area (Å²) in [4.78, 5) is 1.25. The average molecular weight is 577 g/mol. The van der Waals surface area contributed by atoms with Gasteiger partial charge >= 0.3 is 5.89 Å². The first kappa shape index (κ1) is 26.2. The zero-order valence-corrected chi connectivity index (χ0v) is 22.3. The Kier molecular flexibility index (Phi) is 6.70. The lowest BCUT2D eigenvalue weighted by Gasteiger charge is -2.16. The molecule has 198 valence electrons. The van der Waals surface area contributed by atoms with Crippen LogP contribution < -0.4 is 14.2 Å². The number of halogens is 1. The van der Waals surface area contributed by atoms with Crippen LogP contribution in [0.1, 0.15) is 19.2 Å². The summed E-state index contributed by atoms with van der Waals surface area (Å²) >= 11 is 6.08. The van der Waals surface area contributed by atoms with E-state index >= 15 is 0 Å². The molecule has 2 heterocycles. The minimum absolute atomic E-state index is 0.0950. The second-order valence-corrected chi connectivity index (χ2v) is 11.8. The number of allylic oxidation sites excluding steroid dienone is 2. The third kappa shape index (κ3) is 5.40. The number of aromatic nitrogens is 1. The third-order valence-corrected chi connectivity index (χ3v) is 7.31. The Morgan fingerprint density at radius 2 is 1.89 bits per heavy atom. The van der Waals surface area contributed by atoms with Gasteiger partial charge in [0, 0.05) is 11.1 Å². The molecule has 0 radical (unpaired) electrons. The van der Waals surface area contributed by atoms with Crippen molar-refractivity contribution >= 4 is 65.5 Å². The molecule has 4 aromatic rings. The van der Waals surface area contributed by atoms with E-state index in [9.17, 15) is 25.9 Å². The molecular formula is C25H21ClN2O8S2. The molecule has 13 heteroatoms. The Balaban J connectivity index is 1.66. The first-order valence-electron chi connectivity index (χ1n) is 11.3. The maximum atomic E-state index is 11.8. The number of rotatable bonds is 7. The van der Waals surface area contributed by atoms with Crippen molar-refractivity contribution in [2.45, 2.75) is 19.2 Å². The zero-order valence-electron chi connectivity index (χ0n) is 19.9. The molecule has 0 bridgehead atoms. The summed E-state index contributed by atoms with van der Waals surface area (Å²) in [6, 6.07) is 15.5. The summed E-state index contributed by atoms with van der Waals surface area (Å²) in [5.41, 5.74) is 1.73. The molecule has 5 rings (SSSR count). The second kappa shape index (κ2) is 9.71. The molecule has 3 aromatic carbocycles. The number of nitrogens with zero attached hydrogens (tertiary/aromatic N) is 2. The molecule has 1 aliphatic heterocycles. The molecule has 0 saturated heterocycles. The van der Waals surface area contributed by atoms with Crippen LogP contribution in [0, 0.1) is 0 Å². The molecule has 0 amide bonds. The maximum absolute atomic E-state index is 11.8. The standard InChI is InChI=1S/C25H21ClN2O8S2/c1-2-16(11-23-27(14-37(29,30)31)20-13-18(26)8-10-21(20)35-23)12-24-28(15-38(32,33)34)25-19-6-4-3-5-17(19)7-9-22(25)36-24/h3-13H,2,14-15H2,1H3,(H-,29,30,31,32,33,34). The molecule has 0 spiro atoms. The van der Waals surface area contributed by atoms with Gasteiger partial charge in [-0.15, -0.1) is 4.57 Å². The molecule has 0 aliphatic carbocycles. The van der Waals surface area contributed by atoms with Gasteiger partial charge in [-0.05, 0) is 47.7 Å². The SMILES string of the molecule is CCC(=Cc1oc2ccc3ccccc3c2[n+]1CS(=O)(=O)[O-])C=C1Oc2ccc(Cl)cc2N1CS(=O)(=O)O. The van der Waals surface area contributed by atoms with E-state index in [4.69, 9.17) is 20.8 Å². The van der Waals surface area contributed by atoms with Gasteiger partial charge in [0.2, 0.25) is 17.3 Å². The number of benzene rings is 3. The Bertz CT molecular complexity index is 1860. The Morgan fingerprint density at radius 3 is 2.61 bits per heavy atom. The molecule has 0 saturated carbocycles. The highest BCUT2D eigenvalue weighted by Crippen LogP contribution is 2.41. The lowest BCUT2D eigenvalue weighted by atomic mass is 10.1. The highest BCUT2D eigenvalue weighted by atomic mass is 35.5. The van der Waals surface area contributed by atoms with Crippen molar-refractivity contribution in [3.8, 4) is 5.75 Å². The van der Waals surface area contributed by atoms with Crippen LogP contribution >= 0.6 is 11.6 Å². The van der Waals surface area contributed by atoms with Gasteiger partial charge < -0.3 is 13.7 Å². The number of hydrogen-bond donors (Lipinski definition) is 1. The van der Waals surface area contributed by atoms with E-state index in [1.165, 1.54) is 15.5 Å². The van der Waals surface area contributed by atoms with E-state index in [1.54, 1.807) is 42.5 Å². The molecule has 1 N–H and O–H groups in total.